The third-order valence-electron chi connectivity index (χ3n) is 8.42. The lowest BCUT2D eigenvalue weighted by Gasteiger charge is -2.35. The number of hydrogen-bond acceptors (Lipinski definition) is 8. The van der Waals surface area contributed by atoms with Gasteiger partial charge in [-0.2, -0.15) is 0 Å². The summed E-state index contributed by atoms with van der Waals surface area (Å²) in [6, 6.07) is 5.96. The van der Waals surface area contributed by atoms with Crippen molar-refractivity contribution in [2.24, 2.45) is 11.3 Å². The van der Waals surface area contributed by atoms with Gasteiger partial charge in [0.25, 0.3) is 0 Å². The molecular formula is C32H47N5O5S. The maximum atomic E-state index is 13.8. The summed E-state index contributed by atoms with van der Waals surface area (Å²) in [5.74, 6) is -0.484. The van der Waals surface area contributed by atoms with Crippen molar-refractivity contribution in [2.75, 3.05) is 32.8 Å². The first-order chi connectivity index (χ1) is 20.4. The van der Waals surface area contributed by atoms with Crippen LogP contribution in [0.3, 0.4) is 0 Å². The number of rotatable bonds is 11. The van der Waals surface area contributed by atoms with E-state index in [1.807, 2.05) is 64.4 Å². The maximum absolute atomic E-state index is 13.8. The van der Waals surface area contributed by atoms with Crippen LogP contribution in [0.4, 0.5) is 0 Å². The fourth-order valence-electron chi connectivity index (χ4n) is 5.80. The number of ether oxygens (including phenoxy) is 1. The van der Waals surface area contributed by atoms with Gasteiger partial charge in [-0.3, -0.25) is 14.4 Å². The zero-order chi connectivity index (χ0) is 31.1. The number of piperidine rings is 1. The predicted octanol–water partition coefficient (Wildman–Crippen LogP) is 3.19. The lowest BCUT2D eigenvalue weighted by atomic mass is 9.85. The molecule has 0 saturated carbocycles. The molecule has 1 aromatic carbocycles. The average Bonchev–Trinajstić information content (AvgIpc) is 3.59. The van der Waals surface area contributed by atoms with Gasteiger partial charge in [0.1, 0.15) is 18.7 Å². The number of aliphatic hydroxyl groups is 1. The van der Waals surface area contributed by atoms with E-state index >= 15 is 0 Å². The minimum absolute atomic E-state index is 0.0311. The quantitative estimate of drug-likeness (QED) is 0.286. The third-order valence-corrected chi connectivity index (χ3v) is 9.40. The molecule has 2 aliphatic heterocycles. The Morgan fingerprint density at radius 1 is 1.16 bits per heavy atom. The molecule has 0 bridgehead atoms. The van der Waals surface area contributed by atoms with E-state index in [0.29, 0.717) is 12.5 Å². The van der Waals surface area contributed by atoms with Crippen LogP contribution in [0.2, 0.25) is 0 Å². The molecule has 3 amide bonds. The van der Waals surface area contributed by atoms with Gasteiger partial charge in [-0.05, 0) is 68.7 Å². The molecule has 10 nitrogen and oxygen atoms in total. The SMILES string of the molecule is Cc1ncsc1-c1ccc([C@H](C)NC(=O)[C@@H]2C[C@@H](O)CN2C(=O)[C@@H](NC(=O)COCCC2CCNCC2)C(C)(C)C)cc1. The predicted molar refractivity (Wildman–Crippen MR) is 167 cm³/mol. The first-order valence-corrected chi connectivity index (χ1v) is 16.2. The summed E-state index contributed by atoms with van der Waals surface area (Å²) in [6.45, 7) is 11.9. The van der Waals surface area contributed by atoms with E-state index in [9.17, 15) is 19.5 Å². The molecule has 1 aromatic heterocycles. The van der Waals surface area contributed by atoms with Gasteiger partial charge >= 0.3 is 0 Å². The standard InChI is InChI=1S/C32H47N5O5S/c1-20(23-6-8-24(9-7-23)28-21(2)34-19-43-28)35-30(40)26-16-25(38)17-37(26)31(41)29(32(3,4)5)36-27(39)18-42-15-12-22-10-13-33-14-11-22/h6-9,19-20,22,25-26,29,33,38H,10-18H2,1-5H3,(H,35,40)(H,36,39)/t20-,25+,26-,29+/m0/s1. The molecule has 11 heteroatoms. The first-order valence-electron chi connectivity index (χ1n) is 15.3. The summed E-state index contributed by atoms with van der Waals surface area (Å²) >= 11 is 1.59. The number of amides is 3. The lowest BCUT2D eigenvalue weighted by molar-refractivity contribution is -0.144. The zero-order valence-corrected chi connectivity index (χ0v) is 26.8. The Hall–Kier alpha value is -2.86. The number of likely N-dealkylation sites (tertiary alicyclic amines) is 1. The summed E-state index contributed by atoms with van der Waals surface area (Å²) in [6.07, 6.45) is 2.45. The van der Waals surface area contributed by atoms with Crippen molar-refractivity contribution in [3.63, 3.8) is 0 Å². The Morgan fingerprint density at radius 2 is 1.86 bits per heavy atom. The molecule has 2 aliphatic rings. The van der Waals surface area contributed by atoms with Gasteiger partial charge in [-0.15, -0.1) is 11.3 Å². The van der Waals surface area contributed by atoms with Crippen molar-refractivity contribution in [3.8, 4) is 10.4 Å². The molecule has 0 spiro atoms. The number of aliphatic hydroxyl groups excluding tert-OH is 1. The molecule has 0 aliphatic carbocycles. The van der Waals surface area contributed by atoms with Crippen LogP contribution >= 0.6 is 11.3 Å². The van der Waals surface area contributed by atoms with Crippen LogP contribution in [0.15, 0.2) is 29.8 Å². The van der Waals surface area contributed by atoms with E-state index in [1.54, 1.807) is 11.3 Å². The van der Waals surface area contributed by atoms with E-state index in [2.05, 4.69) is 20.9 Å². The monoisotopic (exact) mass is 613 g/mol. The number of aromatic nitrogens is 1. The van der Waals surface area contributed by atoms with Crippen molar-refractivity contribution >= 4 is 29.1 Å². The molecule has 236 valence electrons. The number of nitrogens with one attached hydrogen (secondary N) is 3. The molecule has 4 N–H and O–H groups in total. The molecule has 2 aromatic rings. The van der Waals surface area contributed by atoms with Crippen LogP contribution in [0.25, 0.3) is 10.4 Å². The van der Waals surface area contributed by atoms with Gasteiger partial charge < -0.3 is 30.7 Å². The number of thiazole rings is 1. The Balaban J connectivity index is 1.34. The van der Waals surface area contributed by atoms with E-state index in [0.717, 1.165) is 54.0 Å². The maximum Gasteiger partial charge on any atom is 0.246 e. The second-order valence-corrected chi connectivity index (χ2v) is 13.8. The van der Waals surface area contributed by atoms with Crippen LogP contribution in [0.1, 0.15) is 70.7 Å². The number of aryl methyl sites for hydroxylation is 1. The Labute approximate surface area is 259 Å². The molecule has 3 heterocycles. The molecular weight excluding hydrogens is 566 g/mol. The van der Waals surface area contributed by atoms with Crippen LogP contribution in [0.5, 0.6) is 0 Å². The van der Waals surface area contributed by atoms with Crippen molar-refractivity contribution < 1.29 is 24.2 Å². The van der Waals surface area contributed by atoms with Gasteiger partial charge in [0.05, 0.1) is 28.2 Å². The molecule has 4 atom stereocenters. The van der Waals surface area contributed by atoms with E-state index in [1.165, 1.54) is 4.90 Å². The normalized spacial score (nSPS) is 20.9. The smallest absolute Gasteiger partial charge is 0.246 e. The van der Waals surface area contributed by atoms with Gasteiger partial charge in [0.15, 0.2) is 0 Å². The second-order valence-electron chi connectivity index (χ2n) is 12.9. The van der Waals surface area contributed by atoms with Crippen LogP contribution in [-0.4, -0.2) is 83.7 Å². The molecule has 4 rings (SSSR count). The Bertz CT molecular complexity index is 1240. The van der Waals surface area contributed by atoms with Crippen molar-refractivity contribution in [1.29, 1.82) is 0 Å². The fourth-order valence-corrected chi connectivity index (χ4v) is 6.62. The minimum atomic E-state index is -0.881. The molecule has 2 fully saturated rings. The summed E-state index contributed by atoms with van der Waals surface area (Å²) in [5, 5.41) is 19.7. The highest BCUT2D eigenvalue weighted by Crippen LogP contribution is 2.29. The second kappa shape index (κ2) is 14.7. The fraction of sp³-hybridized carbons (Fsp3) is 0.625. The summed E-state index contributed by atoms with van der Waals surface area (Å²) < 4.78 is 5.65. The van der Waals surface area contributed by atoms with Crippen molar-refractivity contribution in [2.45, 2.75) is 84.5 Å². The summed E-state index contributed by atoms with van der Waals surface area (Å²) in [4.78, 5) is 46.9. The van der Waals surface area contributed by atoms with E-state index in [-0.39, 0.29) is 43.3 Å². The van der Waals surface area contributed by atoms with E-state index < -0.39 is 23.6 Å². The number of carbonyl (C=O) groups is 3. The molecule has 43 heavy (non-hydrogen) atoms. The zero-order valence-electron chi connectivity index (χ0n) is 26.0. The van der Waals surface area contributed by atoms with Crippen molar-refractivity contribution in [1.82, 2.24) is 25.8 Å². The lowest BCUT2D eigenvalue weighted by Crippen LogP contribution is -2.58. The van der Waals surface area contributed by atoms with Crippen LogP contribution < -0.4 is 16.0 Å². The Morgan fingerprint density at radius 3 is 2.49 bits per heavy atom. The van der Waals surface area contributed by atoms with Crippen LogP contribution in [-0.2, 0) is 19.1 Å². The first kappa shape index (κ1) is 33.0. The van der Waals surface area contributed by atoms with Gasteiger partial charge in [-0.25, -0.2) is 4.98 Å². The highest BCUT2D eigenvalue weighted by atomic mass is 32.1. The van der Waals surface area contributed by atoms with Gasteiger partial charge in [0, 0.05) is 19.6 Å². The van der Waals surface area contributed by atoms with Gasteiger partial charge in [-0.1, -0.05) is 45.0 Å². The van der Waals surface area contributed by atoms with E-state index in [4.69, 9.17) is 4.74 Å². The highest BCUT2D eigenvalue weighted by Gasteiger charge is 2.44. The highest BCUT2D eigenvalue weighted by molar-refractivity contribution is 7.13. The summed E-state index contributed by atoms with van der Waals surface area (Å²) in [5.41, 5.74) is 4.18. The number of hydrogen-bond donors (Lipinski definition) is 4. The minimum Gasteiger partial charge on any atom is -0.391 e. The Kier molecular flexibility index (Phi) is 11.3. The number of β-amino-alcohol motifs (C(OH)–C–C–N with tert-alkyl or cyclic N) is 1. The largest absolute Gasteiger partial charge is 0.391 e. The molecule has 0 radical (unpaired) electrons. The van der Waals surface area contributed by atoms with Crippen molar-refractivity contribution in [3.05, 3.63) is 41.0 Å². The van der Waals surface area contributed by atoms with Crippen LogP contribution in [0, 0.1) is 18.3 Å². The summed E-state index contributed by atoms with van der Waals surface area (Å²) in [7, 11) is 0. The molecule has 0 unspecified atom stereocenters. The van der Waals surface area contributed by atoms with Gasteiger partial charge in [0.2, 0.25) is 17.7 Å². The topological polar surface area (TPSA) is 133 Å². The number of benzene rings is 1. The molecule has 2 saturated heterocycles. The number of carbonyl (C=O) groups excluding carboxylic acids is 3. The average molecular weight is 614 g/mol. The third kappa shape index (κ3) is 8.84. The number of nitrogens with zero attached hydrogens (tertiary/aromatic N) is 2.